The minimum Gasteiger partial charge on any atom is -0.390 e. The number of rotatable bonds is 9. The third kappa shape index (κ3) is 7.49. The lowest BCUT2D eigenvalue weighted by Crippen LogP contribution is -2.38. The van der Waals surface area contributed by atoms with Gasteiger partial charge in [0.15, 0.2) is 0 Å². The van der Waals surface area contributed by atoms with E-state index in [9.17, 15) is 5.11 Å². The molecule has 0 amide bonds. The Balaban J connectivity index is 1.89. The van der Waals surface area contributed by atoms with Crippen LogP contribution in [-0.2, 0) is 4.74 Å². The van der Waals surface area contributed by atoms with Gasteiger partial charge < -0.3 is 20.1 Å². The summed E-state index contributed by atoms with van der Waals surface area (Å²) in [6, 6.07) is 0. The van der Waals surface area contributed by atoms with Crippen LogP contribution < -0.4 is 5.32 Å². The molecule has 1 aliphatic heterocycles. The van der Waals surface area contributed by atoms with Gasteiger partial charge in [0.25, 0.3) is 0 Å². The van der Waals surface area contributed by atoms with Gasteiger partial charge in [0, 0.05) is 19.6 Å². The van der Waals surface area contributed by atoms with Gasteiger partial charge in [0.2, 0.25) is 0 Å². The van der Waals surface area contributed by atoms with E-state index in [1.165, 1.54) is 12.8 Å². The Hall–Kier alpha value is -0.420. The van der Waals surface area contributed by atoms with E-state index in [0.29, 0.717) is 19.8 Å². The molecule has 2 N–H and O–H groups in total. The molecule has 1 fully saturated rings. The van der Waals surface area contributed by atoms with Crippen molar-refractivity contribution in [3.05, 3.63) is 12.2 Å². The van der Waals surface area contributed by atoms with Gasteiger partial charge in [0.05, 0.1) is 19.3 Å². The third-order valence-corrected chi connectivity index (χ3v) is 2.82. The van der Waals surface area contributed by atoms with Crippen LogP contribution in [0.15, 0.2) is 12.2 Å². The molecule has 1 aliphatic rings. The van der Waals surface area contributed by atoms with Gasteiger partial charge in [-0.3, -0.25) is 0 Å². The molecule has 1 unspecified atom stereocenters. The summed E-state index contributed by atoms with van der Waals surface area (Å²) in [5.74, 6) is 0. The van der Waals surface area contributed by atoms with E-state index in [2.05, 4.69) is 16.8 Å². The van der Waals surface area contributed by atoms with Crippen molar-refractivity contribution in [1.82, 2.24) is 10.2 Å². The van der Waals surface area contributed by atoms with Crippen molar-refractivity contribution in [2.24, 2.45) is 0 Å². The summed E-state index contributed by atoms with van der Waals surface area (Å²) in [6.07, 6.45) is 2.28. The number of likely N-dealkylation sites (tertiary alicyclic amines) is 1. The van der Waals surface area contributed by atoms with E-state index in [-0.39, 0.29) is 6.10 Å². The summed E-state index contributed by atoms with van der Waals surface area (Å²) in [6.45, 7) is 11.5. The molecule has 4 heteroatoms. The molecule has 0 aromatic rings. The Morgan fingerprint density at radius 1 is 1.47 bits per heavy atom. The minimum absolute atomic E-state index is 0.269. The number of nitrogens with one attached hydrogen (secondary N) is 1. The fraction of sp³-hybridized carbons (Fsp3) is 0.846. The molecule has 4 nitrogen and oxygen atoms in total. The van der Waals surface area contributed by atoms with Crippen molar-refractivity contribution in [2.45, 2.75) is 25.9 Å². The molecule has 1 rings (SSSR count). The van der Waals surface area contributed by atoms with Gasteiger partial charge in [-0.1, -0.05) is 12.2 Å². The third-order valence-electron chi connectivity index (χ3n) is 2.82. The highest BCUT2D eigenvalue weighted by Crippen LogP contribution is 2.07. The Bertz CT molecular complexity index is 215. The quantitative estimate of drug-likeness (QED) is 0.460. The summed E-state index contributed by atoms with van der Waals surface area (Å²) >= 11 is 0. The van der Waals surface area contributed by atoms with Crippen molar-refractivity contribution < 1.29 is 9.84 Å². The standard InChI is InChI=1S/C13H26N2O2/c1-12(2)11-17-8-5-14-9-13(16)10-15-6-3-4-7-15/h13-14,16H,1,3-11H2,2H3. The zero-order valence-corrected chi connectivity index (χ0v) is 11.0. The Morgan fingerprint density at radius 3 is 2.82 bits per heavy atom. The van der Waals surface area contributed by atoms with E-state index < -0.39 is 0 Å². The van der Waals surface area contributed by atoms with Crippen molar-refractivity contribution in [3.63, 3.8) is 0 Å². The number of ether oxygens (including phenoxy) is 1. The van der Waals surface area contributed by atoms with Gasteiger partial charge in [-0.15, -0.1) is 0 Å². The zero-order valence-electron chi connectivity index (χ0n) is 11.0. The molecular weight excluding hydrogens is 216 g/mol. The Morgan fingerprint density at radius 2 is 2.18 bits per heavy atom. The van der Waals surface area contributed by atoms with Crippen LogP contribution in [0.3, 0.4) is 0 Å². The number of aliphatic hydroxyl groups is 1. The van der Waals surface area contributed by atoms with Crippen LogP contribution in [0.25, 0.3) is 0 Å². The maximum atomic E-state index is 9.80. The number of hydrogen-bond acceptors (Lipinski definition) is 4. The predicted octanol–water partition coefficient (Wildman–Crippen LogP) is 0.625. The molecule has 0 spiro atoms. The van der Waals surface area contributed by atoms with E-state index in [1.807, 2.05) is 6.92 Å². The second-order valence-electron chi connectivity index (χ2n) is 4.88. The Kier molecular flexibility index (Phi) is 7.44. The number of aliphatic hydroxyl groups excluding tert-OH is 1. The SMILES string of the molecule is C=C(C)COCCNCC(O)CN1CCCC1. The first kappa shape index (κ1) is 14.6. The van der Waals surface area contributed by atoms with Crippen LogP contribution in [0, 0.1) is 0 Å². The second-order valence-corrected chi connectivity index (χ2v) is 4.88. The summed E-state index contributed by atoms with van der Waals surface area (Å²) in [5.41, 5.74) is 1.04. The van der Waals surface area contributed by atoms with Gasteiger partial charge in [0.1, 0.15) is 0 Å². The van der Waals surface area contributed by atoms with Gasteiger partial charge >= 0.3 is 0 Å². The molecule has 0 bridgehead atoms. The molecule has 0 aromatic carbocycles. The van der Waals surface area contributed by atoms with Crippen molar-refractivity contribution in [2.75, 3.05) is 45.9 Å². The van der Waals surface area contributed by atoms with E-state index in [1.54, 1.807) is 0 Å². The Labute approximate surface area is 105 Å². The molecule has 1 heterocycles. The van der Waals surface area contributed by atoms with Gasteiger partial charge in [-0.25, -0.2) is 0 Å². The lowest BCUT2D eigenvalue weighted by molar-refractivity contribution is 0.116. The van der Waals surface area contributed by atoms with E-state index in [0.717, 1.165) is 31.8 Å². The normalized spacial score (nSPS) is 18.5. The molecule has 17 heavy (non-hydrogen) atoms. The fourth-order valence-corrected chi connectivity index (χ4v) is 1.99. The molecule has 0 radical (unpaired) electrons. The predicted molar refractivity (Wildman–Crippen MR) is 70.2 cm³/mol. The molecule has 0 aromatic heterocycles. The van der Waals surface area contributed by atoms with Gasteiger partial charge in [-0.05, 0) is 32.9 Å². The van der Waals surface area contributed by atoms with Crippen LogP contribution >= 0.6 is 0 Å². The average Bonchev–Trinajstić information content (AvgIpc) is 2.75. The van der Waals surface area contributed by atoms with Crippen LogP contribution in [0.4, 0.5) is 0 Å². The summed E-state index contributed by atoms with van der Waals surface area (Å²) in [7, 11) is 0. The molecular formula is C13H26N2O2. The van der Waals surface area contributed by atoms with Crippen LogP contribution in [0.1, 0.15) is 19.8 Å². The van der Waals surface area contributed by atoms with Crippen LogP contribution in [-0.4, -0.2) is 62.0 Å². The van der Waals surface area contributed by atoms with E-state index >= 15 is 0 Å². The number of hydrogen-bond donors (Lipinski definition) is 2. The first-order valence-electron chi connectivity index (χ1n) is 6.51. The summed E-state index contributed by atoms with van der Waals surface area (Å²) in [4.78, 5) is 2.32. The maximum Gasteiger partial charge on any atom is 0.0791 e. The highest BCUT2D eigenvalue weighted by Gasteiger charge is 2.14. The molecule has 0 aliphatic carbocycles. The van der Waals surface area contributed by atoms with Crippen molar-refractivity contribution >= 4 is 0 Å². The molecule has 100 valence electrons. The first-order valence-corrected chi connectivity index (χ1v) is 6.51. The van der Waals surface area contributed by atoms with Crippen molar-refractivity contribution in [1.29, 1.82) is 0 Å². The van der Waals surface area contributed by atoms with E-state index in [4.69, 9.17) is 4.74 Å². The highest BCUT2D eigenvalue weighted by molar-refractivity contribution is 4.87. The fourth-order valence-electron chi connectivity index (χ4n) is 1.99. The smallest absolute Gasteiger partial charge is 0.0791 e. The largest absolute Gasteiger partial charge is 0.390 e. The number of β-amino-alcohol motifs (C(OH)–C–C–N with tert-alkyl or cyclic N) is 1. The monoisotopic (exact) mass is 242 g/mol. The topological polar surface area (TPSA) is 44.7 Å². The molecule has 0 saturated carbocycles. The first-order chi connectivity index (χ1) is 8.18. The van der Waals surface area contributed by atoms with Crippen molar-refractivity contribution in [3.8, 4) is 0 Å². The average molecular weight is 242 g/mol. The van der Waals surface area contributed by atoms with Crippen LogP contribution in [0.2, 0.25) is 0 Å². The van der Waals surface area contributed by atoms with Gasteiger partial charge in [-0.2, -0.15) is 0 Å². The summed E-state index contributed by atoms with van der Waals surface area (Å²) < 4.78 is 5.36. The summed E-state index contributed by atoms with van der Waals surface area (Å²) in [5, 5.41) is 13.0. The molecule has 1 saturated heterocycles. The lowest BCUT2D eigenvalue weighted by Gasteiger charge is -2.19. The number of nitrogens with zero attached hydrogens (tertiary/aromatic N) is 1. The molecule has 1 atom stereocenters. The second kappa shape index (κ2) is 8.64. The maximum absolute atomic E-state index is 9.80. The lowest BCUT2D eigenvalue weighted by atomic mass is 10.3. The van der Waals surface area contributed by atoms with Crippen LogP contribution in [0.5, 0.6) is 0 Å². The zero-order chi connectivity index (χ0) is 12.5. The highest BCUT2D eigenvalue weighted by atomic mass is 16.5. The minimum atomic E-state index is -0.269.